The van der Waals surface area contributed by atoms with Crippen LogP contribution in [0.15, 0.2) is 120 Å². The van der Waals surface area contributed by atoms with Crippen molar-refractivity contribution in [3.8, 4) is 28.7 Å². The van der Waals surface area contributed by atoms with Gasteiger partial charge in [-0.15, -0.1) is 0 Å². The van der Waals surface area contributed by atoms with E-state index in [2.05, 4.69) is 83.4 Å². The van der Waals surface area contributed by atoms with Crippen molar-refractivity contribution in [1.82, 2.24) is 19.5 Å². The van der Waals surface area contributed by atoms with Crippen LogP contribution in [0.25, 0.3) is 78.4 Å². The van der Waals surface area contributed by atoms with Gasteiger partial charge in [-0.2, -0.15) is 9.97 Å². The zero-order valence-electron chi connectivity index (χ0n) is 22.7. The molecule has 0 bridgehead atoms. The predicted octanol–water partition coefficient (Wildman–Crippen LogP) is 9.16. The van der Waals surface area contributed by atoms with Gasteiger partial charge in [0, 0.05) is 32.7 Å². The Morgan fingerprint density at radius 2 is 1.45 bits per heavy atom. The Balaban J connectivity index is 1.37. The van der Waals surface area contributed by atoms with E-state index in [0.29, 0.717) is 17.6 Å². The van der Waals surface area contributed by atoms with Crippen molar-refractivity contribution in [2.75, 3.05) is 0 Å². The number of furan rings is 1. The van der Waals surface area contributed by atoms with Gasteiger partial charge in [0.2, 0.25) is 5.95 Å². The van der Waals surface area contributed by atoms with Gasteiger partial charge < -0.3 is 4.42 Å². The maximum Gasteiger partial charge on any atom is 0.238 e. The molecule has 3 aromatic heterocycles. The highest BCUT2D eigenvalue weighted by atomic mass is 16.3. The molecule has 1 aliphatic rings. The lowest BCUT2D eigenvalue weighted by molar-refractivity contribution is 0.672. The zero-order valence-corrected chi connectivity index (χ0v) is 22.7. The summed E-state index contributed by atoms with van der Waals surface area (Å²) in [4.78, 5) is 15.4. The molecule has 0 atom stereocenters. The number of nitrogens with zero attached hydrogens (tertiary/aromatic N) is 4. The molecule has 0 radical (unpaired) electrons. The Hall–Kier alpha value is -5.55. The van der Waals surface area contributed by atoms with Crippen molar-refractivity contribution < 1.29 is 4.42 Å². The van der Waals surface area contributed by atoms with Crippen LogP contribution in [0.2, 0.25) is 0 Å². The monoisotopic (exact) mass is 540 g/mol. The number of allylic oxidation sites excluding steroid dienone is 1. The van der Waals surface area contributed by atoms with Crippen LogP contribution in [0.4, 0.5) is 0 Å². The number of aromatic nitrogens is 4. The number of aryl methyl sites for hydroxylation is 1. The summed E-state index contributed by atoms with van der Waals surface area (Å²) in [5.74, 6) is 1.86. The fourth-order valence-electron chi connectivity index (χ4n) is 6.44. The molecule has 0 N–H and O–H groups in total. The Morgan fingerprint density at radius 3 is 2.38 bits per heavy atom. The molecular weight excluding hydrogens is 516 g/mol. The Bertz CT molecular complexity index is 2360. The van der Waals surface area contributed by atoms with Gasteiger partial charge in [0.05, 0.1) is 11.2 Å². The molecule has 0 aliphatic heterocycles. The first-order valence-electron chi connectivity index (χ1n) is 14.3. The fraction of sp³-hybridized carbons (Fsp3) is 0.0541. The van der Waals surface area contributed by atoms with Crippen molar-refractivity contribution in [1.29, 1.82) is 0 Å². The number of rotatable bonds is 3. The third-order valence-corrected chi connectivity index (χ3v) is 8.34. The lowest BCUT2D eigenvalue weighted by atomic mass is 10.0. The quantitative estimate of drug-likeness (QED) is 0.224. The lowest BCUT2D eigenvalue weighted by Crippen LogP contribution is -2.08. The maximum absolute atomic E-state index is 6.49. The summed E-state index contributed by atoms with van der Waals surface area (Å²) in [7, 11) is 0. The SMILES string of the molecule is C1=Cc2c(c3ccccc3n2-c2nc(-c3ccccc3)nc(-c3cccc4oc5c6ccccc6ccc5c34)n2)CC1. The molecular formula is C37H24N4O. The van der Waals surface area contributed by atoms with Crippen molar-refractivity contribution in [2.45, 2.75) is 12.8 Å². The van der Waals surface area contributed by atoms with Crippen LogP contribution in [-0.4, -0.2) is 19.5 Å². The second-order valence-electron chi connectivity index (χ2n) is 10.8. The van der Waals surface area contributed by atoms with Gasteiger partial charge >= 0.3 is 0 Å². The Kier molecular flexibility index (Phi) is 4.96. The molecule has 8 aromatic rings. The summed E-state index contributed by atoms with van der Waals surface area (Å²) >= 11 is 0. The summed E-state index contributed by atoms with van der Waals surface area (Å²) in [5.41, 5.74) is 7.13. The first-order valence-corrected chi connectivity index (χ1v) is 14.3. The van der Waals surface area contributed by atoms with Crippen LogP contribution in [0.3, 0.4) is 0 Å². The van der Waals surface area contributed by atoms with Gasteiger partial charge in [-0.1, -0.05) is 97.1 Å². The van der Waals surface area contributed by atoms with E-state index in [0.717, 1.165) is 67.9 Å². The van der Waals surface area contributed by atoms with E-state index in [1.165, 1.54) is 10.9 Å². The summed E-state index contributed by atoms with van der Waals surface area (Å²) < 4.78 is 8.69. The number of fused-ring (bicyclic) bond motifs is 8. The molecule has 0 saturated carbocycles. The molecule has 0 saturated heterocycles. The minimum absolute atomic E-state index is 0.609. The molecule has 5 heteroatoms. The number of hydrogen-bond acceptors (Lipinski definition) is 4. The summed E-state index contributed by atoms with van der Waals surface area (Å²) in [6.45, 7) is 0. The summed E-state index contributed by atoms with van der Waals surface area (Å²) in [6.07, 6.45) is 6.47. The van der Waals surface area contributed by atoms with Gasteiger partial charge in [0.15, 0.2) is 11.6 Å². The number of hydrogen-bond donors (Lipinski definition) is 0. The van der Waals surface area contributed by atoms with E-state index in [1.807, 2.05) is 42.5 Å². The second-order valence-corrected chi connectivity index (χ2v) is 10.8. The van der Waals surface area contributed by atoms with Gasteiger partial charge in [0.25, 0.3) is 0 Å². The number of para-hydroxylation sites is 1. The molecule has 5 aromatic carbocycles. The molecule has 5 nitrogen and oxygen atoms in total. The maximum atomic E-state index is 6.49. The van der Waals surface area contributed by atoms with E-state index in [9.17, 15) is 0 Å². The molecule has 0 unspecified atom stereocenters. The molecule has 42 heavy (non-hydrogen) atoms. The van der Waals surface area contributed by atoms with E-state index >= 15 is 0 Å². The topological polar surface area (TPSA) is 56.7 Å². The van der Waals surface area contributed by atoms with Crippen LogP contribution in [-0.2, 0) is 6.42 Å². The van der Waals surface area contributed by atoms with E-state index in [1.54, 1.807) is 0 Å². The standard InChI is InChI=1S/C37H24N4O/c1-2-12-24(13-3-1)35-38-36(40-37(39-35)41-30-18-8-6-15-26(30)27-16-7-9-19-31(27)41)29-17-10-20-32-33(29)28-22-21-23-11-4-5-14-25(23)34(28)42-32/h1-6,8-15,17-22H,7,16H2. The normalized spacial score (nSPS) is 13.0. The minimum atomic E-state index is 0.609. The average Bonchev–Trinajstić information content (AvgIpc) is 3.61. The first-order chi connectivity index (χ1) is 20.8. The Labute approximate surface area is 241 Å². The lowest BCUT2D eigenvalue weighted by Gasteiger charge is -2.13. The van der Waals surface area contributed by atoms with Crippen LogP contribution in [0.1, 0.15) is 17.7 Å². The van der Waals surface area contributed by atoms with E-state index in [-0.39, 0.29) is 0 Å². The van der Waals surface area contributed by atoms with Crippen LogP contribution < -0.4 is 0 Å². The van der Waals surface area contributed by atoms with Gasteiger partial charge in [-0.25, -0.2) is 4.98 Å². The largest absolute Gasteiger partial charge is 0.455 e. The van der Waals surface area contributed by atoms with Crippen LogP contribution in [0.5, 0.6) is 0 Å². The van der Waals surface area contributed by atoms with Crippen LogP contribution in [0, 0.1) is 0 Å². The third-order valence-electron chi connectivity index (χ3n) is 8.34. The van der Waals surface area contributed by atoms with Crippen molar-refractivity contribution in [3.05, 3.63) is 127 Å². The minimum Gasteiger partial charge on any atom is -0.455 e. The summed E-state index contributed by atoms with van der Waals surface area (Å²) in [6, 6.07) is 37.4. The predicted molar refractivity (Wildman–Crippen MR) is 170 cm³/mol. The van der Waals surface area contributed by atoms with Gasteiger partial charge in [-0.05, 0) is 48.1 Å². The first kappa shape index (κ1) is 23.2. The molecule has 0 fully saturated rings. The van der Waals surface area contributed by atoms with Gasteiger partial charge in [-0.3, -0.25) is 4.57 Å². The molecule has 0 spiro atoms. The third kappa shape index (κ3) is 3.40. The van der Waals surface area contributed by atoms with E-state index < -0.39 is 0 Å². The highest BCUT2D eigenvalue weighted by Crippen LogP contribution is 2.39. The van der Waals surface area contributed by atoms with Crippen LogP contribution >= 0.6 is 0 Å². The van der Waals surface area contributed by atoms with Crippen molar-refractivity contribution >= 4 is 49.7 Å². The van der Waals surface area contributed by atoms with Gasteiger partial charge in [0.1, 0.15) is 11.2 Å². The Morgan fingerprint density at radius 1 is 0.643 bits per heavy atom. The average molecular weight is 541 g/mol. The highest BCUT2D eigenvalue weighted by molar-refractivity contribution is 6.18. The van der Waals surface area contributed by atoms with Crippen molar-refractivity contribution in [3.63, 3.8) is 0 Å². The summed E-state index contributed by atoms with van der Waals surface area (Å²) in [5, 5.41) is 5.55. The molecule has 0 amide bonds. The van der Waals surface area contributed by atoms with E-state index in [4.69, 9.17) is 19.4 Å². The second kappa shape index (κ2) is 8.98. The highest BCUT2D eigenvalue weighted by Gasteiger charge is 2.23. The number of benzene rings is 5. The fourth-order valence-corrected chi connectivity index (χ4v) is 6.44. The molecule has 198 valence electrons. The van der Waals surface area contributed by atoms with Crippen molar-refractivity contribution in [2.24, 2.45) is 0 Å². The molecule has 3 heterocycles. The molecule has 1 aliphatic carbocycles. The smallest absolute Gasteiger partial charge is 0.238 e. The molecule has 9 rings (SSSR count). The zero-order chi connectivity index (χ0) is 27.6.